The molecule has 0 saturated heterocycles. The first kappa shape index (κ1) is 10.6. The number of para-hydroxylation sites is 1. The molecule has 1 aromatic rings. The predicted molar refractivity (Wildman–Crippen MR) is 51.7 cm³/mol. The molecule has 76 valence electrons. The van der Waals surface area contributed by atoms with Crippen molar-refractivity contribution in [3.05, 3.63) is 39.9 Å². The number of nitrogens with zero attached hydrogens (tertiary/aromatic N) is 1. The number of aliphatic hydroxyl groups is 1. The summed E-state index contributed by atoms with van der Waals surface area (Å²) in [6, 6.07) is 5.42. The van der Waals surface area contributed by atoms with Gasteiger partial charge in [-0.1, -0.05) is 18.2 Å². The summed E-state index contributed by atoms with van der Waals surface area (Å²) >= 11 is 0. The molecule has 0 amide bonds. The van der Waals surface area contributed by atoms with Gasteiger partial charge in [0, 0.05) is 11.6 Å². The van der Waals surface area contributed by atoms with Gasteiger partial charge in [-0.3, -0.25) is 10.1 Å². The van der Waals surface area contributed by atoms with Crippen LogP contribution in [0.15, 0.2) is 24.3 Å². The molecule has 2 atom stereocenters. The molecule has 5 heteroatoms. The first-order chi connectivity index (χ1) is 6.54. The van der Waals surface area contributed by atoms with Crippen molar-refractivity contribution in [2.24, 2.45) is 5.73 Å². The Morgan fingerprint density at radius 2 is 2.07 bits per heavy atom. The third-order valence-corrected chi connectivity index (χ3v) is 2.01. The third kappa shape index (κ3) is 2.07. The summed E-state index contributed by atoms with van der Waals surface area (Å²) in [6.07, 6.45) is -0.809. The predicted octanol–water partition coefficient (Wildman–Crippen LogP) is 0.975. The Morgan fingerprint density at radius 1 is 1.50 bits per heavy atom. The zero-order valence-electron chi connectivity index (χ0n) is 7.75. The second kappa shape index (κ2) is 4.17. The van der Waals surface area contributed by atoms with E-state index < -0.39 is 17.1 Å². The van der Waals surface area contributed by atoms with Gasteiger partial charge in [0.25, 0.3) is 5.69 Å². The van der Waals surface area contributed by atoms with Crippen LogP contribution in [0.5, 0.6) is 0 Å². The fraction of sp³-hybridized carbons (Fsp3) is 0.333. The lowest BCUT2D eigenvalue weighted by molar-refractivity contribution is -0.385. The zero-order chi connectivity index (χ0) is 10.7. The van der Waals surface area contributed by atoms with E-state index in [2.05, 4.69) is 0 Å². The van der Waals surface area contributed by atoms with Crippen LogP contribution in [0.4, 0.5) is 5.69 Å². The first-order valence-corrected chi connectivity index (χ1v) is 4.21. The topological polar surface area (TPSA) is 89.4 Å². The van der Waals surface area contributed by atoms with Crippen LogP contribution in [0.25, 0.3) is 0 Å². The lowest BCUT2D eigenvalue weighted by Crippen LogP contribution is -2.23. The molecule has 0 radical (unpaired) electrons. The van der Waals surface area contributed by atoms with E-state index in [1.807, 2.05) is 0 Å². The molecule has 0 spiro atoms. The summed E-state index contributed by atoms with van der Waals surface area (Å²) in [7, 11) is 0. The van der Waals surface area contributed by atoms with E-state index in [-0.39, 0.29) is 5.69 Å². The molecular formula is C9H12N2O3. The van der Waals surface area contributed by atoms with Crippen LogP contribution in [0, 0.1) is 10.1 Å². The van der Waals surface area contributed by atoms with Crippen LogP contribution >= 0.6 is 0 Å². The molecule has 0 aromatic heterocycles. The molecule has 0 fully saturated rings. The van der Waals surface area contributed by atoms with Gasteiger partial charge in [0.2, 0.25) is 0 Å². The largest absolute Gasteiger partial charge is 0.391 e. The van der Waals surface area contributed by atoms with Gasteiger partial charge in [0.05, 0.1) is 17.1 Å². The minimum Gasteiger partial charge on any atom is -0.391 e. The number of nitro benzene ring substituents is 1. The summed E-state index contributed by atoms with van der Waals surface area (Å²) in [5.41, 5.74) is 5.92. The fourth-order valence-electron chi connectivity index (χ4n) is 1.20. The molecule has 0 aliphatic rings. The third-order valence-electron chi connectivity index (χ3n) is 2.01. The van der Waals surface area contributed by atoms with E-state index in [1.165, 1.54) is 13.0 Å². The Morgan fingerprint density at radius 3 is 2.57 bits per heavy atom. The minimum atomic E-state index is -0.809. The van der Waals surface area contributed by atoms with Gasteiger partial charge >= 0.3 is 0 Å². The highest BCUT2D eigenvalue weighted by molar-refractivity contribution is 5.42. The number of benzene rings is 1. The molecule has 0 bridgehead atoms. The summed E-state index contributed by atoms with van der Waals surface area (Å²) < 4.78 is 0. The number of hydrogen-bond acceptors (Lipinski definition) is 4. The fourth-order valence-corrected chi connectivity index (χ4v) is 1.20. The van der Waals surface area contributed by atoms with E-state index >= 15 is 0 Å². The SMILES string of the molecule is C[C@H](O)[C@@H](N)c1ccccc1[N+](=O)[O-]. The molecule has 5 nitrogen and oxygen atoms in total. The summed E-state index contributed by atoms with van der Waals surface area (Å²) in [4.78, 5) is 10.1. The van der Waals surface area contributed by atoms with Crippen LogP contribution in [0.3, 0.4) is 0 Å². The van der Waals surface area contributed by atoms with Crippen LogP contribution in [-0.4, -0.2) is 16.1 Å². The van der Waals surface area contributed by atoms with Gasteiger partial charge in [0.1, 0.15) is 0 Å². The van der Waals surface area contributed by atoms with Crippen molar-refractivity contribution in [2.45, 2.75) is 19.1 Å². The van der Waals surface area contributed by atoms with Crippen LogP contribution in [-0.2, 0) is 0 Å². The molecule has 3 N–H and O–H groups in total. The van der Waals surface area contributed by atoms with Gasteiger partial charge < -0.3 is 10.8 Å². The van der Waals surface area contributed by atoms with Crippen molar-refractivity contribution in [3.8, 4) is 0 Å². The Kier molecular flexibility index (Phi) is 3.16. The highest BCUT2D eigenvalue weighted by atomic mass is 16.6. The van der Waals surface area contributed by atoms with Crippen LogP contribution in [0.2, 0.25) is 0 Å². The number of hydrogen-bond donors (Lipinski definition) is 2. The maximum atomic E-state index is 10.6. The monoisotopic (exact) mass is 196 g/mol. The molecule has 0 unspecified atom stereocenters. The normalized spacial score (nSPS) is 14.8. The van der Waals surface area contributed by atoms with Gasteiger partial charge in [0.15, 0.2) is 0 Å². The minimum absolute atomic E-state index is 0.0547. The highest BCUT2D eigenvalue weighted by Crippen LogP contribution is 2.24. The molecule has 1 aromatic carbocycles. The molecule has 0 aliphatic carbocycles. The maximum absolute atomic E-state index is 10.6. The molecule has 0 saturated carbocycles. The average Bonchev–Trinajstić information content (AvgIpc) is 2.16. The number of rotatable bonds is 3. The van der Waals surface area contributed by atoms with Crippen molar-refractivity contribution >= 4 is 5.69 Å². The number of nitrogens with two attached hydrogens (primary N) is 1. The molecule has 14 heavy (non-hydrogen) atoms. The van der Waals surface area contributed by atoms with Crippen molar-refractivity contribution < 1.29 is 10.0 Å². The quantitative estimate of drug-likeness (QED) is 0.557. The Labute approximate surface area is 81.3 Å². The Hall–Kier alpha value is -1.46. The van der Waals surface area contributed by atoms with E-state index in [9.17, 15) is 15.2 Å². The molecule has 0 aliphatic heterocycles. The van der Waals surface area contributed by atoms with E-state index in [1.54, 1.807) is 18.2 Å². The van der Waals surface area contributed by atoms with Gasteiger partial charge in [-0.25, -0.2) is 0 Å². The van der Waals surface area contributed by atoms with Gasteiger partial charge in [-0.15, -0.1) is 0 Å². The standard InChI is InChI=1S/C9H12N2O3/c1-6(12)9(10)7-4-2-3-5-8(7)11(13)14/h2-6,9,12H,10H2,1H3/t6-,9+/m0/s1. The first-order valence-electron chi connectivity index (χ1n) is 4.21. The Bertz CT molecular complexity index is 339. The number of aliphatic hydroxyl groups excluding tert-OH is 1. The van der Waals surface area contributed by atoms with E-state index in [4.69, 9.17) is 5.73 Å². The second-order valence-electron chi connectivity index (χ2n) is 3.08. The average molecular weight is 196 g/mol. The summed E-state index contributed by atoms with van der Waals surface area (Å²) in [6.45, 7) is 1.50. The Balaban J connectivity index is 3.13. The van der Waals surface area contributed by atoms with Crippen LogP contribution < -0.4 is 5.73 Å². The molecule has 1 rings (SSSR count). The van der Waals surface area contributed by atoms with Gasteiger partial charge in [-0.2, -0.15) is 0 Å². The van der Waals surface area contributed by atoms with Crippen molar-refractivity contribution in [1.29, 1.82) is 0 Å². The zero-order valence-corrected chi connectivity index (χ0v) is 7.75. The number of nitro groups is 1. The second-order valence-corrected chi connectivity index (χ2v) is 3.08. The summed E-state index contributed by atoms with van der Waals surface area (Å²) in [5.74, 6) is 0. The lowest BCUT2D eigenvalue weighted by atomic mass is 10.0. The van der Waals surface area contributed by atoms with E-state index in [0.717, 1.165) is 0 Å². The van der Waals surface area contributed by atoms with Crippen molar-refractivity contribution in [1.82, 2.24) is 0 Å². The van der Waals surface area contributed by atoms with Gasteiger partial charge in [-0.05, 0) is 6.92 Å². The smallest absolute Gasteiger partial charge is 0.274 e. The van der Waals surface area contributed by atoms with Crippen molar-refractivity contribution in [3.63, 3.8) is 0 Å². The lowest BCUT2D eigenvalue weighted by Gasteiger charge is -2.14. The van der Waals surface area contributed by atoms with Crippen molar-refractivity contribution in [2.75, 3.05) is 0 Å². The molecule has 0 heterocycles. The molecular weight excluding hydrogens is 184 g/mol. The van der Waals surface area contributed by atoms with Crippen LogP contribution in [0.1, 0.15) is 18.5 Å². The van der Waals surface area contributed by atoms with E-state index in [0.29, 0.717) is 5.56 Å². The maximum Gasteiger partial charge on any atom is 0.274 e. The highest BCUT2D eigenvalue weighted by Gasteiger charge is 2.21. The summed E-state index contributed by atoms with van der Waals surface area (Å²) in [5, 5.41) is 19.9.